The molecule has 2 aliphatic rings. The van der Waals surface area contributed by atoms with Crippen molar-refractivity contribution in [3.63, 3.8) is 0 Å². The topological polar surface area (TPSA) is 87.9 Å². The van der Waals surface area contributed by atoms with Crippen LogP contribution in [0.5, 0.6) is 5.75 Å². The summed E-state index contributed by atoms with van der Waals surface area (Å²) in [5.41, 5.74) is 1.80. The second kappa shape index (κ2) is 9.36. The second-order valence-corrected chi connectivity index (χ2v) is 8.41. The average molecular weight is 447 g/mol. The maximum atomic E-state index is 12.5. The summed E-state index contributed by atoms with van der Waals surface area (Å²) in [7, 11) is 0. The van der Waals surface area contributed by atoms with E-state index in [4.69, 9.17) is 9.15 Å². The van der Waals surface area contributed by atoms with Crippen molar-refractivity contribution in [3.05, 3.63) is 72.9 Å². The molecular formula is C25H26N4O4. The van der Waals surface area contributed by atoms with Gasteiger partial charge in [0.05, 0.1) is 24.1 Å². The van der Waals surface area contributed by atoms with Crippen LogP contribution in [0.25, 0.3) is 0 Å². The lowest BCUT2D eigenvalue weighted by Crippen LogP contribution is -2.52. The number of carbonyl (C=O) groups excluding carboxylic acids is 2. The van der Waals surface area contributed by atoms with E-state index in [-0.39, 0.29) is 23.8 Å². The highest BCUT2D eigenvalue weighted by Crippen LogP contribution is 2.26. The number of aromatic nitrogens is 1. The van der Waals surface area contributed by atoms with E-state index in [1.807, 2.05) is 42.6 Å². The van der Waals surface area contributed by atoms with Gasteiger partial charge in [0.2, 0.25) is 5.91 Å². The largest absolute Gasteiger partial charge is 0.490 e. The van der Waals surface area contributed by atoms with Gasteiger partial charge in [0, 0.05) is 50.9 Å². The molecule has 0 aliphatic carbocycles. The van der Waals surface area contributed by atoms with Gasteiger partial charge in [-0.1, -0.05) is 0 Å². The minimum atomic E-state index is -0.0754. The average Bonchev–Trinajstić information content (AvgIpc) is 3.35. The van der Waals surface area contributed by atoms with E-state index in [1.54, 1.807) is 23.2 Å². The Morgan fingerprint density at radius 1 is 1.03 bits per heavy atom. The Labute approximate surface area is 192 Å². The van der Waals surface area contributed by atoms with E-state index >= 15 is 0 Å². The molecule has 1 aromatic carbocycles. The fourth-order valence-electron chi connectivity index (χ4n) is 4.18. The molecule has 0 spiro atoms. The Morgan fingerprint density at radius 2 is 1.82 bits per heavy atom. The number of nitrogens with zero attached hydrogens (tertiary/aromatic N) is 3. The van der Waals surface area contributed by atoms with Crippen molar-refractivity contribution in [2.45, 2.75) is 18.9 Å². The summed E-state index contributed by atoms with van der Waals surface area (Å²) >= 11 is 0. The lowest BCUT2D eigenvalue weighted by molar-refractivity contribution is -0.120. The highest BCUT2D eigenvalue weighted by atomic mass is 16.5. The number of nitrogens with one attached hydrogen (secondary N) is 1. The van der Waals surface area contributed by atoms with Crippen LogP contribution < -0.4 is 15.0 Å². The molecule has 4 heterocycles. The Hall–Kier alpha value is -3.81. The molecule has 33 heavy (non-hydrogen) atoms. The Kier molecular flexibility index (Phi) is 5.97. The van der Waals surface area contributed by atoms with Crippen LogP contribution in [0.3, 0.4) is 0 Å². The molecule has 3 aromatic rings. The number of hydrogen-bond acceptors (Lipinski definition) is 6. The van der Waals surface area contributed by atoms with Crippen LogP contribution in [0.1, 0.15) is 23.4 Å². The number of furan rings is 1. The van der Waals surface area contributed by atoms with Gasteiger partial charge in [0.1, 0.15) is 11.9 Å². The molecule has 0 atom stereocenters. The van der Waals surface area contributed by atoms with Crippen molar-refractivity contribution in [1.29, 1.82) is 0 Å². The van der Waals surface area contributed by atoms with Gasteiger partial charge in [-0.2, -0.15) is 0 Å². The normalized spacial score (nSPS) is 16.8. The third-order valence-electron chi connectivity index (χ3n) is 6.15. The monoisotopic (exact) mass is 446 g/mol. The third kappa shape index (κ3) is 4.84. The van der Waals surface area contributed by atoms with Gasteiger partial charge in [0.25, 0.3) is 5.91 Å². The predicted molar refractivity (Wildman–Crippen MR) is 123 cm³/mol. The summed E-state index contributed by atoms with van der Waals surface area (Å²) in [5.74, 6) is 1.05. The smallest absolute Gasteiger partial charge is 0.289 e. The van der Waals surface area contributed by atoms with E-state index < -0.39 is 0 Å². The zero-order valence-corrected chi connectivity index (χ0v) is 18.2. The molecule has 8 nitrogen and oxygen atoms in total. The maximum Gasteiger partial charge on any atom is 0.289 e. The molecule has 1 N–H and O–H groups in total. The molecule has 0 radical (unpaired) electrons. The Bertz CT molecular complexity index is 1070. The van der Waals surface area contributed by atoms with E-state index in [9.17, 15) is 9.59 Å². The zero-order valence-electron chi connectivity index (χ0n) is 18.2. The molecule has 5 rings (SSSR count). The predicted octanol–water partition coefficient (Wildman–Crippen LogP) is 3.43. The SMILES string of the molecule is O=C(Nc1ccc(OC2CCN(C(=O)c3ccco3)CC2)cc1)C1CN(c2cccnc2)C1. The molecule has 8 heteroatoms. The van der Waals surface area contributed by atoms with Crippen molar-refractivity contribution < 1.29 is 18.7 Å². The first-order valence-electron chi connectivity index (χ1n) is 11.2. The van der Waals surface area contributed by atoms with Crippen molar-refractivity contribution in [2.24, 2.45) is 5.92 Å². The van der Waals surface area contributed by atoms with E-state index in [1.165, 1.54) is 6.26 Å². The molecule has 170 valence electrons. The molecule has 0 saturated carbocycles. The van der Waals surface area contributed by atoms with Gasteiger partial charge in [-0.3, -0.25) is 14.6 Å². The fourth-order valence-corrected chi connectivity index (χ4v) is 4.18. The van der Waals surface area contributed by atoms with Crippen LogP contribution in [0, 0.1) is 5.92 Å². The first-order chi connectivity index (χ1) is 16.2. The van der Waals surface area contributed by atoms with Gasteiger partial charge in [-0.25, -0.2) is 0 Å². The highest BCUT2D eigenvalue weighted by Gasteiger charge is 2.33. The Balaban J connectivity index is 1.06. The summed E-state index contributed by atoms with van der Waals surface area (Å²) < 4.78 is 11.3. The fraction of sp³-hybridized carbons (Fsp3) is 0.320. The molecule has 2 aromatic heterocycles. The van der Waals surface area contributed by atoms with Gasteiger partial charge >= 0.3 is 0 Å². The van der Waals surface area contributed by atoms with Crippen LogP contribution in [-0.4, -0.2) is 54.0 Å². The summed E-state index contributed by atoms with van der Waals surface area (Å²) in [6.45, 7) is 2.66. The lowest BCUT2D eigenvalue weighted by atomic mass is 9.98. The minimum absolute atomic E-state index is 0.0254. The van der Waals surface area contributed by atoms with E-state index in [2.05, 4.69) is 15.2 Å². The molecule has 2 fully saturated rings. The van der Waals surface area contributed by atoms with Crippen molar-refractivity contribution in [1.82, 2.24) is 9.88 Å². The molecular weight excluding hydrogens is 420 g/mol. The van der Waals surface area contributed by atoms with Gasteiger partial charge in [-0.15, -0.1) is 0 Å². The van der Waals surface area contributed by atoms with Gasteiger partial charge < -0.3 is 24.3 Å². The molecule has 2 aliphatic heterocycles. The maximum absolute atomic E-state index is 12.5. The standard InChI is InChI=1S/C25H26N4O4/c30-24(18-16-29(17-18)20-3-1-11-26-15-20)27-19-5-7-21(8-6-19)33-22-9-12-28(13-10-22)25(31)23-4-2-14-32-23/h1-8,11,14-15,18,22H,9-10,12-13,16-17H2,(H,27,30). The summed E-state index contributed by atoms with van der Waals surface area (Å²) in [5, 5.41) is 2.99. The van der Waals surface area contributed by atoms with Crippen molar-refractivity contribution in [2.75, 3.05) is 36.4 Å². The van der Waals surface area contributed by atoms with Crippen LogP contribution in [-0.2, 0) is 4.79 Å². The number of ether oxygens (including phenoxy) is 1. The van der Waals surface area contributed by atoms with Crippen LogP contribution in [0.15, 0.2) is 71.6 Å². The first kappa shape index (κ1) is 21.1. The van der Waals surface area contributed by atoms with E-state index in [0.717, 1.165) is 30.0 Å². The number of likely N-dealkylation sites (tertiary alicyclic amines) is 1. The molecule has 0 bridgehead atoms. The molecule has 0 unspecified atom stereocenters. The second-order valence-electron chi connectivity index (χ2n) is 8.41. The third-order valence-corrected chi connectivity index (χ3v) is 6.15. The quantitative estimate of drug-likeness (QED) is 0.624. The van der Waals surface area contributed by atoms with Crippen LogP contribution in [0.2, 0.25) is 0 Å². The molecule has 2 amide bonds. The summed E-state index contributed by atoms with van der Waals surface area (Å²) in [4.78, 5) is 32.9. The lowest BCUT2D eigenvalue weighted by Gasteiger charge is -2.39. The van der Waals surface area contributed by atoms with Crippen molar-refractivity contribution >= 4 is 23.2 Å². The number of piperidine rings is 1. The minimum Gasteiger partial charge on any atom is -0.490 e. The number of anilines is 2. The summed E-state index contributed by atoms with van der Waals surface area (Å²) in [6, 6.07) is 14.8. The van der Waals surface area contributed by atoms with Crippen LogP contribution in [0.4, 0.5) is 11.4 Å². The van der Waals surface area contributed by atoms with Gasteiger partial charge in [0.15, 0.2) is 5.76 Å². The first-order valence-corrected chi connectivity index (χ1v) is 11.2. The van der Waals surface area contributed by atoms with Crippen LogP contribution >= 0.6 is 0 Å². The number of amides is 2. The number of hydrogen-bond donors (Lipinski definition) is 1. The molecule has 2 saturated heterocycles. The van der Waals surface area contributed by atoms with Gasteiger partial charge in [-0.05, 0) is 48.5 Å². The zero-order chi connectivity index (χ0) is 22.6. The summed E-state index contributed by atoms with van der Waals surface area (Å²) in [6.07, 6.45) is 6.65. The number of rotatable bonds is 6. The highest BCUT2D eigenvalue weighted by molar-refractivity contribution is 5.94. The van der Waals surface area contributed by atoms with E-state index in [0.29, 0.717) is 31.9 Å². The van der Waals surface area contributed by atoms with Crippen molar-refractivity contribution in [3.8, 4) is 5.75 Å². The number of carbonyl (C=O) groups is 2. The Morgan fingerprint density at radius 3 is 2.48 bits per heavy atom. The number of benzene rings is 1. The number of pyridine rings is 1.